The molecule has 0 aliphatic rings. The maximum absolute atomic E-state index is 9.88. The van der Waals surface area contributed by atoms with Crippen LogP contribution in [0.5, 0.6) is 5.75 Å². The fourth-order valence-electron chi connectivity index (χ4n) is 1.90. The van der Waals surface area contributed by atoms with Gasteiger partial charge in [0, 0.05) is 10.6 Å². The summed E-state index contributed by atoms with van der Waals surface area (Å²) in [6, 6.07) is 12.7. The first-order chi connectivity index (χ1) is 8.25. The molecule has 3 nitrogen and oxygen atoms in total. The lowest BCUT2D eigenvalue weighted by atomic mass is 10.1. The van der Waals surface area contributed by atoms with Gasteiger partial charge in [-0.15, -0.1) is 0 Å². The molecule has 0 aliphatic heterocycles. The van der Waals surface area contributed by atoms with E-state index in [1.54, 1.807) is 18.2 Å². The fourth-order valence-corrected chi connectivity index (χ4v) is 2.09. The predicted molar refractivity (Wildman–Crippen MR) is 68.2 cm³/mol. The molecule has 2 N–H and O–H groups in total. The molecule has 0 bridgehead atoms. The summed E-state index contributed by atoms with van der Waals surface area (Å²) < 4.78 is 0. The fraction of sp³-hybridized carbons (Fsp3) is 0. The third-order valence-electron chi connectivity index (χ3n) is 2.67. The number of halogens is 1. The first kappa shape index (κ1) is 10.2. The molecule has 0 atom stereocenters. The predicted octanol–water partition coefficient (Wildman–Crippen LogP) is 3.59. The van der Waals surface area contributed by atoms with E-state index in [4.69, 9.17) is 11.6 Å². The van der Waals surface area contributed by atoms with Crippen LogP contribution in [0, 0.1) is 0 Å². The van der Waals surface area contributed by atoms with Crippen molar-refractivity contribution < 1.29 is 5.11 Å². The van der Waals surface area contributed by atoms with E-state index in [9.17, 15) is 5.11 Å². The molecule has 0 aliphatic carbocycles. The molecule has 0 fully saturated rings. The number of benzene rings is 2. The maximum Gasteiger partial charge on any atom is 0.127 e. The molecule has 17 heavy (non-hydrogen) atoms. The second-order valence-corrected chi connectivity index (χ2v) is 4.22. The van der Waals surface area contributed by atoms with Crippen LogP contribution in [-0.4, -0.2) is 15.3 Å². The van der Waals surface area contributed by atoms with Crippen molar-refractivity contribution in [1.29, 1.82) is 0 Å². The van der Waals surface area contributed by atoms with Crippen molar-refractivity contribution in [3.8, 4) is 17.0 Å². The zero-order valence-electron chi connectivity index (χ0n) is 8.81. The summed E-state index contributed by atoms with van der Waals surface area (Å²) in [7, 11) is 0. The van der Waals surface area contributed by atoms with Gasteiger partial charge in [-0.2, -0.15) is 5.10 Å². The molecule has 1 aromatic heterocycles. The number of phenolic OH excluding ortho intramolecular Hbond substituents is 1. The average Bonchev–Trinajstić information content (AvgIpc) is 2.74. The lowest BCUT2D eigenvalue weighted by Crippen LogP contribution is -1.79. The zero-order valence-corrected chi connectivity index (χ0v) is 9.57. The number of H-pyrrole nitrogens is 1. The minimum absolute atomic E-state index is 0.214. The molecule has 1 heterocycles. The van der Waals surface area contributed by atoms with E-state index >= 15 is 0 Å². The highest BCUT2D eigenvalue weighted by molar-refractivity contribution is 6.30. The summed E-state index contributed by atoms with van der Waals surface area (Å²) in [6.45, 7) is 0. The lowest BCUT2D eigenvalue weighted by molar-refractivity contribution is 0.482. The Balaban J connectivity index is 2.31. The van der Waals surface area contributed by atoms with E-state index in [-0.39, 0.29) is 5.75 Å². The smallest absolute Gasteiger partial charge is 0.127 e. The molecular formula is C13H9ClN2O. The number of aromatic amines is 1. The van der Waals surface area contributed by atoms with Gasteiger partial charge in [0.05, 0.1) is 10.9 Å². The molecule has 0 unspecified atom stereocenters. The zero-order chi connectivity index (χ0) is 11.8. The van der Waals surface area contributed by atoms with E-state index < -0.39 is 0 Å². The number of hydrogen-bond donors (Lipinski definition) is 2. The van der Waals surface area contributed by atoms with Crippen LogP contribution in [0.25, 0.3) is 22.2 Å². The van der Waals surface area contributed by atoms with Crippen LogP contribution in [0.4, 0.5) is 0 Å². The third-order valence-corrected chi connectivity index (χ3v) is 2.90. The minimum atomic E-state index is 0.214. The largest absolute Gasteiger partial charge is 0.507 e. The molecule has 2 aromatic carbocycles. The van der Waals surface area contributed by atoms with Gasteiger partial charge in [-0.05, 0) is 24.3 Å². The Kier molecular flexibility index (Phi) is 2.27. The first-order valence-electron chi connectivity index (χ1n) is 5.18. The van der Waals surface area contributed by atoms with Crippen molar-refractivity contribution in [2.24, 2.45) is 0 Å². The monoisotopic (exact) mass is 244 g/mol. The van der Waals surface area contributed by atoms with Crippen molar-refractivity contribution in [3.05, 3.63) is 47.5 Å². The topological polar surface area (TPSA) is 48.9 Å². The summed E-state index contributed by atoms with van der Waals surface area (Å²) >= 11 is 5.95. The molecule has 0 spiro atoms. The van der Waals surface area contributed by atoms with Gasteiger partial charge < -0.3 is 5.11 Å². The Hall–Kier alpha value is -2.00. The summed E-state index contributed by atoms with van der Waals surface area (Å²) in [5.74, 6) is 0.214. The van der Waals surface area contributed by atoms with E-state index in [0.29, 0.717) is 10.7 Å². The number of nitrogens with zero attached hydrogens (tertiary/aromatic N) is 1. The molecule has 0 amide bonds. The normalized spacial score (nSPS) is 10.9. The Morgan fingerprint density at radius 1 is 1.12 bits per heavy atom. The maximum atomic E-state index is 9.88. The second kappa shape index (κ2) is 3.79. The molecule has 0 radical (unpaired) electrons. The van der Waals surface area contributed by atoms with Gasteiger partial charge in [0.25, 0.3) is 0 Å². The Morgan fingerprint density at radius 3 is 2.76 bits per heavy atom. The molecule has 0 saturated carbocycles. The number of nitrogens with one attached hydrogen (secondary N) is 1. The third kappa shape index (κ3) is 1.65. The Bertz CT molecular complexity index is 691. The van der Waals surface area contributed by atoms with Gasteiger partial charge in [-0.1, -0.05) is 29.8 Å². The average molecular weight is 245 g/mol. The summed E-state index contributed by atoms with van der Waals surface area (Å²) in [5.41, 5.74) is 2.39. The standard InChI is InChI=1S/C13H9ClN2O/c14-9-4-1-3-8(7-9)13-12-10(15-16-13)5-2-6-11(12)17/h1-7,17H,(H,15,16). The number of aromatic nitrogens is 2. The summed E-state index contributed by atoms with van der Waals surface area (Å²) in [4.78, 5) is 0. The minimum Gasteiger partial charge on any atom is -0.507 e. The lowest BCUT2D eigenvalue weighted by Gasteiger charge is -2.00. The van der Waals surface area contributed by atoms with Crippen molar-refractivity contribution in [2.45, 2.75) is 0 Å². The number of aromatic hydroxyl groups is 1. The van der Waals surface area contributed by atoms with E-state index in [0.717, 1.165) is 16.5 Å². The van der Waals surface area contributed by atoms with Crippen LogP contribution >= 0.6 is 11.6 Å². The SMILES string of the molecule is Oc1cccc2[nH]nc(-c3cccc(Cl)c3)c12. The summed E-state index contributed by atoms with van der Waals surface area (Å²) in [5, 5.41) is 18.4. The molecule has 3 rings (SSSR count). The van der Waals surface area contributed by atoms with Crippen LogP contribution in [0.1, 0.15) is 0 Å². The number of rotatable bonds is 1. The van der Waals surface area contributed by atoms with Gasteiger partial charge >= 0.3 is 0 Å². The van der Waals surface area contributed by atoms with E-state index in [2.05, 4.69) is 10.2 Å². The highest BCUT2D eigenvalue weighted by Crippen LogP contribution is 2.33. The molecule has 4 heteroatoms. The summed E-state index contributed by atoms with van der Waals surface area (Å²) in [6.07, 6.45) is 0. The van der Waals surface area contributed by atoms with Crippen LogP contribution in [0.2, 0.25) is 5.02 Å². The number of hydrogen-bond acceptors (Lipinski definition) is 2. The van der Waals surface area contributed by atoms with Crippen LogP contribution in [-0.2, 0) is 0 Å². The second-order valence-electron chi connectivity index (χ2n) is 3.78. The molecule has 84 valence electrons. The number of fused-ring (bicyclic) bond motifs is 1. The van der Waals surface area contributed by atoms with Gasteiger partial charge in [-0.3, -0.25) is 5.10 Å². The van der Waals surface area contributed by atoms with Crippen LogP contribution in [0.15, 0.2) is 42.5 Å². The molecule has 0 saturated heterocycles. The van der Waals surface area contributed by atoms with Crippen LogP contribution in [0.3, 0.4) is 0 Å². The van der Waals surface area contributed by atoms with Gasteiger partial charge in [0.1, 0.15) is 11.4 Å². The van der Waals surface area contributed by atoms with E-state index in [1.165, 1.54) is 0 Å². The Morgan fingerprint density at radius 2 is 1.94 bits per heavy atom. The van der Waals surface area contributed by atoms with Gasteiger partial charge in [-0.25, -0.2) is 0 Å². The van der Waals surface area contributed by atoms with Crippen molar-refractivity contribution >= 4 is 22.5 Å². The van der Waals surface area contributed by atoms with Crippen molar-refractivity contribution in [2.75, 3.05) is 0 Å². The molecular weight excluding hydrogens is 236 g/mol. The van der Waals surface area contributed by atoms with Crippen molar-refractivity contribution in [3.63, 3.8) is 0 Å². The highest BCUT2D eigenvalue weighted by atomic mass is 35.5. The van der Waals surface area contributed by atoms with Crippen molar-refractivity contribution in [1.82, 2.24) is 10.2 Å². The first-order valence-corrected chi connectivity index (χ1v) is 5.55. The highest BCUT2D eigenvalue weighted by Gasteiger charge is 2.11. The quantitative estimate of drug-likeness (QED) is 0.687. The molecule has 3 aromatic rings. The number of phenols is 1. The Labute approximate surface area is 103 Å². The van der Waals surface area contributed by atoms with Crippen LogP contribution < -0.4 is 0 Å². The van der Waals surface area contributed by atoms with Gasteiger partial charge in [0.15, 0.2) is 0 Å². The van der Waals surface area contributed by atoms with E-state index in [1.807, 2.05) is 24.3 Å². The van der Waals surface area contributed by atoms with Gasteiger partial charge in [0.2, 0.25) is 0 Å².